The topological polar surface area (TPSA) is 38.2 Å². The zero-order valence-electron chi connectivity index (χ0n) is 13.6. The molecule has 2 aromatic heterocycles. The summed E-state index contributed by atoms with van der Waals surface area (Å²) < 4.78 is 18.1. The lowest BCUT2D eigenvalue weighted by Crippen LogP contribution is -2.25. The van der Waals surface area contributed by atoms with Crippen LogP contribution in [0.4, 0.5) is 4.39 Å². The minimum absolute atomic E-state index is 0.260. The molecule has 1 aliphatic heterocycles. The zero-order chi connectivity index (χ0) is 16.2. The van der Waals surface area contributed by atoms with Gasteiger partial charge in [-0.25, -0.2) is 9.37 Å². The van der Waals surface area contributed by atoms with Crippen molar-refractivity contribution in [1.82, 2.24) is 14.9 Å². The third kappa shape index (κ3) is 3.85. The van der Waals surface area contributed by atoms with Crippen molar-refractivity contribution in [3.63, 3.8) is 0 Å². The second-order valence-corrected chi connectivity index (χ2v) is 6.10. The summed E-state index contributed by atoms with van der Waals surface area (Å²) in [5.74, 6) is 0.932. The molecule has 2 aromatic rings. The molecule has 4 nitrogen and oxygen atoms in total. The molecule has 0 aromatic carbocycles. The van der Waals surface area contributed by atoms with Crippen molar-refractivity contribution in [1.29, 1.82) is 0 Å². The van der Waals surface area contributed by atoms with Crippen LogP contribution >= 0.6 is 0 Å². The Hall–Kier alpha value is -2.01. The highest BCUT2D eigenvalue weighted by Gasteiger charge is 2.27. The van der Waals surface area contributed by atoms with Crippen LogP contribution in [0.15, 0.2) is 36.5 Å². The largest absolute Gasteiger partial charge is 0.481 e. The van der Waals surface area contributed by atoms with Crippen molar-refractivity contribution in [2.45, 2.75) is 25.8 Å². The van der Waals surface area contributed by atoms with E-state index in [1.54, 1.807) is 13.2 Å². The predicted octanol–water partition coefficient (Wildman–Crippen LogP) is 3.25. The smallest absolute Gasteiger partial charge is 0.213 e. The highest BCUT2D eigenvalue weighted by atomic mass is 19.1. The monoisotopic (exact) mass is 315 g/mol. The van der Waals surface area contributed by atoms with E-state index >= 15 is 0 Å². The van der Waals surface area contributed by atoms with Gasteiger partial charge in [0.15, 0.2) is 0 Å². The molecular weight excluding hydrogens is 293 g/mol. The number of nitrogens with zero attached hydrogens (tertiary/aromatic N) is 3. The molecule has 1 fully saturated rings. The minimum Gasteiger partial charge on any atom is -0.481 e. The fraction of sp³-hybridized carbons (Fsp3) is 0.444. The number of methoxy groups -OCH3 is 1. The van der Waals surface area contributed by atoms with E-state index in [9.17, 15) is 4.39 Å². The molecule has 0 bridgehead atoms. The number of hydrogen-bond donors (Lipinski definition) is 0. The number of likely N-dealkylation sites (tertiary alicyclic amines) is 1. The van der Waals surface area contributed by atoms with E-state index < -0.39 is 0 Å². The maximum atomic E-state index is 12.9. The van der Waals surface area contributed by atoms with E-state index in [4.69, 9.17) is 4.74 Å². The second kappa shape index (κ2) is 7.04. The Morgan fingerprint density at radius 1 is 1.35 bits per heavy atom. The Kier molecular flexibility index (Phi) is 4.86. The molecular formula is C18H22FN3O. The van der Waals surface area contributed by atoms with Crippen LogP contribution in [0.25, 0.3) is 0 Å². The average Bonchev–Trinajstić information content (AvgIpc) is 3.05. The summed E-state index contributed by atoms with van der Waals surface area (Å²) in [6.45, 7) is 4.24. The molecule has 0 saturated carbocycles. The van der Waals surface area contributed by atoms with Gasteiger partial charge >= 0.3 is 0 Å². The molecule has 1 unspecified atom stereocenters. The molecule has 3 heterocycles. The van der Waals surface area contributed by atoms with Crippen molar-refractivity contribution in [2.24, 2.45) is 5.92 Å². The van der Waals surface area contributed by atoms with Crippen LogP contribution in [-0.2, 0) is 6.42 Å². The molecule has 5 heteroatoms. The first-order chi connectivity index (χ1) is 11.2. The SMILES string of the molecule is COc1cccc([C@H](C)N2CCC(Cc3ccc(F)cn3)C2)n1. The van der Waals surface area contributed by atoms with Crippen LogP contribution in [0.1, 0.15) is 30.8 Å². The van der Waals surface area contributed by atoms with E-state index in [0.717, 1.165) is 37.3 Å². The summed E-state index contributed by atoms with van der Waals surface area (Å²) >= 11 is 0. The Morgan fingerprint density at radius 2 is 2.22 bits per heavy atom. The van der Waals surface area contributed by atoms with Gasteiger partial charge in [0.25, 0.3) is 0 Å². The summed E-state index contributed by atoms with van der Waals surface area (Å²) in [7, 11) is 1.64. The molecule has 23 heavy (non-hydrogen) atoms. The molecule has 122 valence electrons. The van der Waals surface area contributed by atoms with Gasteiger partial charge in [-0.15, -0.1) is 0 Å². The van der Waals surface area contributed by atoms with E-state index in [1.165, 1.54) is 12.3 Å². The Labute approximate surface area is 136 Å². The average molecular weight is 315 g/mol. The van der Waals surface area contributed by atoms with Crippen LogP contribution < -0.4 is 4.74 Å². The normalized spacial score (nSPS) is 19.7. The third-order valence-electron chi connectivity index (χ3n) is 4.53. The van der Waals surface area contributed by atoms with E-state index in [1.807, 2.05) is 18.2 Å². The predicted molar refractivity (Wildman–Crippen MR) is 86.8 cm³/mol. The van der Waals surface area contributed by atoms with Crippen LogP contribution in [0.3, 0.4) is 0 Å². The highest BCUT2D eigenvalue weighted by Crippen LogP contribution is 2.28. The summed E-state index contributed by atoms with van der Waals surface area (Å²) in [5.41, 5.74) is 2.00. The maximum Gasteiger partial charge on any atom is 0.213 e. The van der Waals surface area contributed by atoms with Crippen LogP contribution in [0.2, 0.25) is 0 Å². The van der Waals surface area contributed by atoms with E-state index in [0.29, 0.717) is 11.8 Å². The summed E-state index contributed by atoms with van der Waals surface area (Å²) in [6.07, 6.45) is 3.33. The Bertz CT molecular complexity index is 647. The maximum absolute atomic E-state index is 12.9. The number of halogens is 1. The van der Waals surface area contributed by atoms with Crippen molar-refractivity contribution in [3.8, 4) is 5.88 Å². The van der Waals surface area contributed by atoms with Crippen LogP contribution in [0, 0.1) is 11.7 Å². The number of rotatable bonds is 5. The van der Waals surface area contributed by atoms with Crippen molar-refractivity contribution >= 4 is 0 Å². The first-order valence-electron chi connectivity index (χ1n) is 8.01. The fourth-order valence-electron chi connectivity index (χ4n) is 3.17. The second-order valence-electron chi connectivity index (χ2n) is 6.10. The standard InChI is InChI=1S/C18H22FN3O/c1-13(17-4-3-5-18(21-17)23-2)22-9-8-14(12-22)10-16-7-6-15(19)11-20-16/h3-7,11,13-14H,8-10,12H2,1-2H3/t13-,14?/m0/s1. The van der Waals surface area contributed by atoms with Gasteiger partial charge in [0.2, 0.25) is 5.88 Å². The highest BCUT2D eigenvalue weighted by molar-refractivity contribution is 5.18. The van der Waals surface area contributed by atoms with E-state index in [-0.39, 0.29) is 11.9 Å². The number of hydrogen-bond acceptors (Lipinski definition) is 4. The van der Waals surface area contributed by atoms with Gasteiger partial charge in [0, 0.05) is 24.3 Å². The fourth-order valence-corrected chi connectivity index (χ4v) is 3.17. The molecule has 0 radical (unpaired) electrons. The molecule has 0 spiro atoms. The lowest BCUT2D eigenvalue weighted by molar-refractivity contribution is 0.246. The Balaban J connectivity index is 1.61. The zero-order valence-corrected chi connectivity index (χ0v) is 13.6. The quantitative estimate of drug-likeness (QED) is 0.849. The molecule has 1 saturated heterocycles. The molecule has 0 aliphatic carbocycles. The molecule has 2 atom stereocenters. The molecule has 1 aliphatic rings. The van der Waals surface area contributed by atoms with Gasteiger partial charge in [0.1, 0.15) is 5.82 Å². The third-order valence-corrected chi connectivity index (χ3v) is 4.53. The summed E-state index contributed by atoms with van der Waals surface area (Å²) in [6, 6.07) is 9.41. The summed E-state index contributed by atoms with van der Waals surface area (Å²) in [5, 5.41) is 0. The first kappa shape index (κ1) is 15.9. The Morgan fingerprint density at radius 3 is 2.96 bits per heavy atom. The van der Waals surface area contributed by atoms with Gasteiger partial charge in [-0.05, 0) is 50.4 Å². The lowest BCUT2D eigenvalue weighted by Gasteiger charge is -2.24. The summed E-state index contributed by atoms with van der Waals surface area (Å²) in [4.78, 5) is 11.1. The van der Waals surface area contributed by atoms with Crippen LogP contribution in [-0.4, -0.2) is 35.1 Å². The first-order valence-corrected chi connectivity index (χ1v) is 8.01. The molecule has 0 N–H and O–H groups in total. The number of pyridine rings is 2. The van der Waals surface area contributed by atoms with Crippen molar-refractivity contribution in [2.75, 3.05) is 20.2 Å². The van der Waals surface area contributed by atoms with Gasteiger partial charge < -0.3 is 4.74 Å². The number of ether oxygens (including phenoxy) is 1. The minimum atomic E-state index is -0.278. The lowest BCUT2D eigenvalue weighted by atomic mass is 10.0. The number of aromatic nitrogens is 2. The molecule has 3 rings (SSSR count). The van der Waals surface area contributed by atoms with Crippen LogP contribution in [0.5, 0.6) is 5.88 Å². The van der Waals surface area contributed by atoms with Gasteiger partial charge in [0.05, 0.1) is 19.0 Å². The van der Waals surface area contributed by atoms with Crippen molar-refractivity contribution < 1.29 is 9.13 Å². The van der Waals surface area contributed by atoms with Crippen molar-refractivity contribution in [3.05, 3.63) is 53.7 Å². The van der Waals surface area contributed by atoms with Gasteiger partial charge in [-0.2, -0.15) is 0 Å². The molecule has 0 amide bonds. The van der Waals surface area contributed by atoms with Gasteiger partial charge in [-0.1, -0.05) is 6.07 Å². The van der Waals surface area contributed by atoms with Gasteiger partial charge in [-0.3, -0.25) is 9.88 Å². The van der Waals surface area contributed by atoms with E-state index in [2.05, 4.69) is 21.8 Å².